The zero-order chi connectivity index (χ0) is 20.1. The molecule has 0 aromatic heterocycles. The van der Waals surface area contributed by atoms with Crippen molar-refractivity contribution in [2.45, 2.75) is 49.2 Å². The van der Waals surface area contributed by atoms with Crippen LogP contribution in [0.1, 0.15) is 41.6 Å². The van der Waals surface area contributed by atoms with E-state index in [1.165, 1.54) is 15.3 Å². The van der Waals surface area contributed by atoms with Crippen LogP contribution in [0.15, 0.2) is 23.1 Å². The van der Waals surface area contributed by atoms with Crippen LogP contribution in [0, 0.1) is 0 Å². The first-order valence-electron chi connectivity index (χ1n) is 9.31. The van der Waals surface area contributed by atoms with Gasteiger partial charge in [0.25, 0.3) is 5.91 Å². The third-order valence-electron chi connectivity index (χ3n) is 5.66. The van der Waals surface area contributed by atoms with Crippen molar-refractivity contribution in [1.82, 2.24) is 14.5 Å². The van der Waals surface area contributed by atoms with Crippen molar-refractivity contribution in [3.63, 3.8) is 0 Å². The minimum absolute atomic E-state index is 0.00229. The van der Waals surface area contributed by atoms with Crippen molar-refractivity contribution in [3.8, 4) is 0 Å². The van der Waals surface area contributed by atoms with Crippen LogP contribution >= 0.6 is 0 Å². The maximum absolute atomic E-state index is 13.2. The first-order chi connectivity index (χ1) is 13.3. The summed E-state index contributed by atoms with van der Waals surface area (Å²) in [5.41, 5.74) is 6.58. The molecule has 1 aromatic rings. The summed E-state index contributed by atoms with van der Waals surface area (Å²) < 4.78 is 27.8. The van der Waals surface area contributed by atoms with Gasteiger partial charge in [0.2, 0.25) is 21.8 Å². The van der Waals surface area contributed by atoms with Crippen LogP contribution in [-0.4, -0.2) is 60.5 Å². The number of rotatable bonds is 3. The molecule has 3 amide bonds. The van der Waals surface area contributed by atoms with Gasteiger partial charge in [-0.05, 0) is 31.4 Å². The number of carbonyl (C=O) groups is 3. The first-order valence-corrected chi connectivity index (χ1v) is 10.8. The van der Waals surface area contributed by atoms with E-state index in [2.05, 4.69) is 5.32 Å². The van der Waals surface area contributed by atoms with Crippen LogP contribution in [0.3, 0.4) is 0 Å². The predicted octanol–water partition coefficient (Wildman–Crippen LogP) is -0.441. The number of nitrogens with two attached hydrogens (primary N) is 1. The maximum atomic E-state index is 13.2. The Kier molecular flexibility index (Phi) is 4.72. The Morgan fingerprint density at radius 3 is 2.46 bits per heavy atom. The number of nitrogens with one attached hydrogen (secondary N) is 1. The highest BCUT2D eigenvalue weighted by Crippen LogP contribution is 2.33. The Morgan fingerprint density at radius 1 is 1.07 bits per heavy atom. The van der Waals surface area contributed by atoms with E-state index in [0.717, 1.165) is 0 Å². The smallest absolute Gasteiger partial charge is 0.255 e. The van der Waals surface area contributed by atoms with Crippen LogP contribution in [-0.2, 0) is 26.2 Å². The quantitative estimate of drug-likeness (QED) is 0.655. The number of sulfonamides is 1. The van der Waals surface area contributed by atoms with Gasteiger partial charge < -0.3 is 10.6 Å². The molecule has 150 valence electrons. The number of nitrogens with zero attached hydrogens (tertiary/aromatic N) is 2. The highest BCUT2D eigenvalue weighted by molar-refractivity contribution is 7.89. The Bertz CT molecular complexity index is 953. The predicted molar refractivity (Wildman–Crippen MR) is 98.5 cm³/mol. The van der Waals surface area contributed by atoms with Gasteiger partial charge in [-0.2, -0.15) is 4.31 Å². The minimum Gasteiger partial charge on any atom is -0.328 e. The standard InChI is InChI=1S/C18H22N4O5S/c19-11-6-8-21(9-7-11)28(26,27)15-3-1-2-12-13(15)10-22(18(12)25)14-4-5-16(23)20-17(14)24/h1-3,11,14H,4-10,19H2,(H,20,23,24). The molecule has 28 heavy (non-hydrogen) atoms. The third kappa shape index (κ3) is 3.11. The second-order valence-corrected chi connectivity index (χ2v) is 9.33. The molecule has 2 saturated heterocycles. The molecule has 0 saturated carbocycles. The summed E-state index contributed by atoms with van der Waals surface area (Å²) in [5.74, 6) is -1.27. The summed E-state index contributed by atoms with van der Waals surface area (Å²) in [6, 6.07) is 3.85. The highest BCUT2D eigenvalue weighted by Gasteiger charge is 2.42. The van der Waals surface area contributed by atoms with Crippen LogP contribution in [0.4, 0.5) is 0 Å². The fourth-order valence-electron chi connectivity index (χ4n) is 4.05. The van der Waals surface area contributed by atoms with Gasteiger partial charge in [-0.1, -0.05) is 6.07 Å². The minimum atomic E-state index is -3.77. The second kappa shape index (κ2) is 6.94. The number of imide groups is 1. The third-order valence-corrected chi connectivity index (χ3v) is 7.64. The van der Waals surface area contributed by atoms with Gasteiger partial charge in [-0.15, -0.1) is 0 Å². The number of amides is 3. The first kappa shape index (κ1) is 19.0. The molecule has 3 aliphatic heterocycles. The molecule has 4 rings (SSSR count). The summed E-state index contributed by atoms with van der Waals surface area (Å²) in [4.78, 5) is 37.9. The number of benzene rings is 1. The lowest BCUT2D eigenvalue weighted by Crippen LogP contribution is -2.52. The zero-order valence-electron chi connectivity index (χ0n) is 15.3. The summed E-state index contributed by atoms with van der Waals surface area (Å²) in [6.45, 7) is 0.721. The maximum Gasteiger partial charge on any atom is 0.255 e. The van der Waals surface area contributed by atoms with Crippen LogP contribution in [0.2, 0.25) is 0 Å². The van der Waals surface area contributed by atoms with Gasteiger partial charge in [0.1, 0.15) is 6.04 Å². The largest absolute Gasteiger partial charge is 0.328 e. The average molecular weight is 406 g/mol. The van der Waals surface area contributed by atoms with E-state index in [-0.39, 0.29) is 42.1 Å². The lowest BCUT2D eigenvalue weighted by Gasteiger charge is -2.30. The molecule has 3 aliphatic rings. The molecule has 1 atom stereocenters. The van der Waals surface area contributed by atoms with E-state index in [4.69, 9.17) is 5.73 Å². The van der Waals surface area contributed by atoms with E-state index >= 15 is 0 Å². The molecule has 9 nitrogen and oxygen atoms in total. The van der Waals surface area contributed by atoms with Crippen molar-refractivity contribution in [2.75, 3.05) is 13.1 Å². The number of carbonyl (C=O) groups excluding carboxylic acids is 3. The molecule has 1 unspecified atom stereocenters. The number of piperidine rings is 2. The van der Waals surface area contributed by atoms with Crippen molar-refractivity contribution < 1.29 is 22.8 Å². The van der Waals surface area contributed by atoms with Crippen LogP contribution in [0.5, 0.6) is 0 Å². The van der Waals surface area contributed by atoms with Crippen molar-refractivity contribution in [3.05, 3.63) is 29.3 Å². The number of fused-ring (bicyclic) bond motifs is 1. The van der Waals surface area contributed by atoms with Gasteiger partial charge >= 0.3 is 0 Å². The Morgan fingerprint density at radius 2 is 1.79 bits per heavy atom. The van der Waals surface area contributed by atoms with Gasteiger partial charge in [-0.25, -0.2) is 8.42 Å². The summed E-state index contributed by atoms with van der Waals surface area (Å²) in [6.07, 6.45) is 1.57. The van der Waals surface area contributed by atoms with Gasteiger partial charge in [-0.3, -0.25) is 19.7 Å². The number of hydrogen-bond donors (Lipinski definition) is 2. The van der Waals surface area contributed by atoms with Crippen molar-refractivity contribution in [2.24, 2.45) is 5.73 Å². The lowest BCUT2D eigenvalue weighted by atomic mass is 10.0. The molecule has 0 radical (unpaired) electrons. The average Bonchev–Trinajstić information content (AvgIpc) is 2.99. The number of hydrogen-bond acceptors (Lipinski definition) is 6. The SMILES string of the molecule is NC1CCN(S(=O)(=O)c2cccc3c2CN(C2CCC(=O)NC2=O)C3=O)CC1. The van der Waals surface area contributed by atoms with Crippen molar-refractivity contribution in [1.29, 1.82) is 0 Å². The summed E-state index contributed by atoms with van der Waals surface area (Å²) >= 11 is 0. The van der Waals surface area contributed by atoms with Gasteiger partial charge in [0, 0.05) is 43.2 Å². The molecule has 10 heteroatoms. The molecule has 0 aliphatic carbocycles. The van der Waals surface area contributed by atoms with E-state index in [9.17, 15) is 22.8 Å². The summed E-state index contributed by atoms with van der Waals surface area (Å²) in [7, 11) is -3.77. The van der Waals surface area contributed by atoms with E-state index in [0.29, 0.717) is 37.1 Å². The molecule has 0 spiro atoms. The molecule has 1 aromatic carbocycles. The van der Waals surface area contributed by atoms with E-state index in [1.807, 2.05) is 0 Å². The van der Waals surface area contributed by atoms with Crippen LogP contribution < -0.4 is 11.1 Å². The second-order valence-electron chi connectivity index (χ2n) is 7.42. The Balaban J connectivity index is 1.65. The molecular formula is C18H22N4O5S. The lowest BCUT2D eigenvalue weighted by molar-refractivity contribution is -0.136. The van der Waals surface area contributed by atoms with E-state index < -0.39 is 22.0 Å². The zero-order valence-corrected chi connectivity index (χ0v) is 16.1. The Hall–Kier alpha value is -2.30. The molecule has 0 bridgehead atoms. The summed E-state index contributed by atoms with van der Waals surface area (Å²) in [5, 5.41) is 2.24. The molecule has 3 heterocycles. The molecule has 3 N–H and O–H groups in total. The normalized spacial score (nSPS) is 24.4. The monoisotopic (exact) mass is 406 g/mol. The fourth-order valence-corrected chi connectivity index (χ4v) is 5.76. The molecule has 2 fully saturated rings. The Labute approximate surface area is 162 Å². The van der Waals surface area contributed by atoms with Gasteiger partial charge in [0.15, 0.2) is 0 Å². The van der Waals surface area contributed by atoms with Crippen molar-refractivity contribution >= 4 is 27.7 Å². The van der Waals surface area contributed by atoms with Gasteiger partial charge in [0.05, 0.1) is 4.90 Å². The van der Waals surface area contributed by atoms with E-state index in [1.54, 1.807) is 12.1 Å². The van der Waals surface area contributed by atoms with Crippen LogP contribution in [0.25, 0.3) is 0 Å². The molecular weight excluding hydrogens is 384 g/mol. The topological polar surface area (TPSA) is 130 Å². The highest BCUT2D eigenvalue weighted by atomic mass is 32.2. The fraction of sp³-hybridized carbons (Fsp3) is 0.500.